The lowest BCUT2D eigenvalue weighted by Gasteiger charge is -2.22. The fraction of sp³-hybridized carbons (Fsp3) is 0.500. The molecule has 2 atom stereocenters. The summed E-state index contributed by atoms with van der Waals surface area (Å²) in [6, 6.07) is 9.02. The summed E-state index contributed by atoms with van der Waals surface area (Å²) in [7, 11) is 0. The number of rotatable bonds is 8. The zero-order valence-electron chi connectivity index (χ0n) is 13.9. The molecule has 0 fully saturated rings. The molecule has 0 aliphatic heterocycles. The second-order valence-electron chi connectivity index (χ2n) is 6.20. The predicted molar refractivity (Wildman–Crippen MR) is 88.7 cm³/mol. The van der Waals surface area contributed by atoms with Crippen LogP contribution in [0.15, 0.2) is 42.7 Å². The Kier molecular flexibility index (Phi) is 6.28. The fourth-order valence-electron chi connectivity index (χ4n) is 2.52. The zero-order valence-corrected chi connectivity index (χ0v) is 13.9. The molecule has 1 aromatic carbocycles. The normalized spacial score (nSPS) is 14.4. The van der Waals surface area contributed by atoms with Crippen LogP contribution in [0.2, 0.25) is 0 Å². The van der Waals surface area contributed by atoms with Crippen LogP contribution in [0.5, 0.6) is 0 Å². The summed E-state index contributed by atoms with van der Waals surface area (Å²) in [5.74, 6) is 0. The van der Waals surface area contributed by atoms with Gasteiger partial charge in [0.05, 0.1) is 12.2 Å². The van der Waals surface area contributed by atoms with Crippen molar-refractivity contribution in [3.63, 3.8) is 0 Å². The van der Waals surface area contributed by atoms with Gasteiger partial charge in [-0.2, -0.15) is 5.10 Å². The first kappa shape index (κ1) is 17.6. The molecule has 2 rings (SSSR count). The third kappa shape index (κ3) is 5.13. The van der Waals surface area contributed by atoms with Gasteiger partial charge >= 0.3 is 0 Å². The van der Waals surface area contributed by atoms with Gasteiger partial charge in [0.15, 0.2) is 0 Å². The Bertz CT molecular complexity index is 581. The Morgan fingerprint density at radius 2 is 1.83 bits per heavy atom. The van der Waals surface area contributed by atoms with Gasteiger partial charge in [-0.3, -0.25) is 4.68 Å². The predicted octanol–water partition coefficient (Wildman–Crippen LogP) is 4.38. The lowest BCUT2D eigenvalue weighted by Crippen LogP contribution is -2.37. The standard InChI is InChI=1S/C18H25F2N3/c1-13(2)23-12-16(11-21-23)14(3)22-17(18(19)20)10-9-15-7-5-4-6-8-15/h4-8,11-14,17-18,22H,9-10H2,1-3H3/t14-,17+/m1/s1. The van der Waals surface area contributed by atoms with Crippen molar-refractivity contribution in [2.75, 3.05) is 0 Å². The SMILES string of the molecule is CC(C)n1cc([C@@H](C)N[C@@H](CCc2ccccc2)C(F)F)cn1. The number of halogens is 2. The van der Waals surface area contributed by atoms with Crippen LogP contribution in [0.3, 0.4) is 0 Å². The number of benzene rings is 1. The third-order valence-electron chi connectivity index (χ3n) is 4.01. The summed E-state index contributed by atoms with van der Waals surface area (Å²) in [5, 5.41) is 7.32. The van der Waals surface area contributed by atoms with E-state index < -0.39 is 12.5 Å². The van der Waals surface area contributed by atoms with E-state index in [1.807, 2.05) is 62.0 Å². The topological polar surface area (TPSA) is 29.9 Å². The van der Waals surface area contributed by atoms with Gasteiger partial charge in [0.25, 0.3) is 6.43 Å². The number of aryl methyl sites for hydroxylation is 1. The van der Waals surface area contributed by atoms with Crippen LogP contribution in [-0.2, 0) is 6.42 Å². The molecule has 1 N–H and O–H groups in total. The van der Waals surface area contributed by atoms with Crippen LogP contribution in [-0.4, -0.2) is 22.2 Å². The lowest BCUT2D eigenvalue weighted by molar-refractivity contribution is 0.0888. The van der Waals surface area contributed by atoms with Crippen molar-refractivity contribution in [3.05, 3.63) is 53.9 Å². The van der Waals surface area contributed by atoms with Gasteiger partial charge in [-0.05, 0) is 39.2 Å². The van der Waals surface area contributed by atoms with E-state index in [1.165, 1.54) is 0 Å². The highest BCUT2D eigenvalue weighted by atomic mass is 19.3. The van der Waals surface area contributed by atoms with E-state index in [2.05, 4.69) is 10.4 Å². The van der Waals surface area contributed by atoms with E-state index in [0.717, 1.165) is 11.1 Å². The first-order valence-corrected chi connectivity index (χ1v) is 8.09. The molecule has 0 amide bonds. The Balaban J connectivity index is 1.95. The van der Waals surface area contributed by atoms with Gasteiger partial charge in [-0.25, -0.2) is 8.78 Å². The number of nitrogens with one attached hydrogen (secondary N) is 1. The number of hydrogen-bond donors (Lipinski definition) is 1. The summed E-state index contributed by atoms with van der Waals surface area (Å²) in [5.41, 5.74) is 2.02. The zero-order chi connectivity index (χ0) is 16.8. The van der Waals surface area contributed by atoms with Crippen LogP contribution in [0, 0.1) is 0 Å². The molecule has 1 heterocycles. The average Bonchev–Trinajstić information content (AvgIpc) is 3.02. The number of alkyl halides is 2. The van der Waals surface area contributed by atoms with Gasteiger partial charge in [-0.1, -0.05) is 30.3 Å². The Hall–Kier alpha value is -1.75. The lowest BCUT2D eigenvalue weighted by atomic mass is 10.0. The largest absolute Gasteiger partial charge is 0.302 e. The number of aromatic nitrogens is 2. The van der Waals surface area contributed by atoms with Gasteiger partial charge in [-0.15, -0.1) is 0 Å². The van der Waals surface area contributed by atoms with E-state index >= 15 is 0 Å². The molecule has 2 aromatic rings. The summed E-state index contributed by atoms with van der Waals surface area (Å²) in [6.07, 6.45) is 2.33. The molecule has 23 heavy (non-hydrogen) atoms. The molecule has 0 saturated heterocycles. The Morgan fingerprint density at radius 1 is 1.13 bits per heavy atom. The molecule has 0 aliphatic carbocycles. The highest BCUT2D eigenvalue weighted by molar-refractivity contribution is 5.15. The van der Waals surface area contributed by atoms with E-state index in [-0.39, 0.29) is 12.1 Å². The molecule has 126 valence electrons. The van der Waals surface area contributed by atoms with Crippen molar-refractivity contribution in [3.8, 4) is 0 Å². The molecular formula is C18H25F2N3. The molecule has 0 saturated carbocycles. The highest BCUT2D eigenvalue weighted by Crippen LogP contribution is 2.18. The van der Waals surface area contributed by atoms with Crippen molar-refractivity contribution in [1.29, 1.82) is 0 Å². The maximum atomic E-state index is 13.3. The van der Waals surface area contributed by atoms with Gasteiger partial charge < -0.3 is 5.32 Å². The number of hydrogen-bond acceptors (Lipinski definition) is 2. The first-order chi connectivity index (χ1) is 11.0. The summed E-state index contributed by atoms with van der Waals surface area (Å²) < 4.78 is 28.5. The first-order valence-electron chi connectivity index (χ1n) is 8.09. The van der Waals surface area contributed by atoms with E-state index in [0.29, 0.717) is 12.8 Å². The van der Waals surface area contributed by atoms with E-state index in [1.54, 1.807) is 6.20 Å². The molecule has 0 aliphatic rings. The van der Waals surface area contributed by atoms with Gasteiger partial charge in [0, 0.05) is 23.8 Å². The van der Waals surface area contributed by atoms with Crippen LogP contribution in [0.4, 0.5) is 8.78 Å². The highest BCUT2D eigenvalue weighted by Gasteiger charge is 2.23. The maximum absolute atomic E-state index is 13.3. The number of nitrogens with zero attached hydrogens (tertiary/aromatic N) is 2. The molecule has 3 nitrogen and oxygen atoms in total. The Morgan fingerprint density at radius 3 is 2.39 bits per heavy atom. The van der Waals surface area contributed by atoms with Gasteiger partial charge in [0.1, 0.15) is 0 Å². The second kappa shape index (κ2) is 8.20. The summed E-state index contributed by atoms with van der Waals surface area (Å²) in [6.45, 7) is 5.98. The molecule has 5 heteroatoms. The van der Waals surface area contributed by atoms with Crippen molar-refractivity contribution in [1.82, 2.24) is 15.1 Å². The average molecular weight is 321 g/mol. The summed E-state index contributed by atoms with van der Waals surface area (Å²) in [4.78, 5) is 0. The summed E-state index contributed by atoms with van der Waals surface area (Å²) >= 11 is 0. The third-order valence-corrected chi connectivity index (χ3v) is 4.01. The minimum absolute atomic E-state index is 0.155. The fourth-order valence-corrected chi connectivity index (χ4v) is 2.52. The van der Waals surface area contributed by atoms with Crippen molar-refractivity contribution in [2.24, 2.45) is 0 Å². The maximum Gasteiger partial charge on any atom is 0.253 e. The van der Waals surface area contributed by atoms with E-state index in [9.17, 15) is 8.78 Å². The molecule has 0 unspecified atom stereocenters. The van der Waals surface area contributed by atoms with Crippen LogP contribution in [0.1, 0.15) is 50.4 Å². The Labute approximate surface area is 136 Å². The van der Waals surface area contributed by atoms with Gasteiger partial charge in [0.2, 0.25) is 0 Å². The van der Waals surface area contributed by atoms with Crippen LogP contribution >= 0.6 is 0 Å². The molecule has 0 radical (unpaired) electrons. The van der Waals surface area contributed by atoms with Crippen LogP contribution < -0.4 is 5.32 Å². The molecule has 0 bridgehead atoms. The molecule has 1 aromatic heterocycles. The van der Waals surface area contributed by atoms with Crippen molar-refractivity contribution >= 4 is 0 Å². The monoisotopic (exact) mass is 321 g/mol. The second-order valence-corrected chi connectivity index (χ2v) is 6.20. The minimum Gasteiger partial charge on any atom is -0.302 e. The smallest absolute Gasteiger partial charge is 0.253 e. The molecule has 0 spiro atoms. The van der Waals surface area contributed by atoms with E-state index in [4.69, 9.17) is 0 Å². The van der Waals surface area contributed by atoms with Crippen LogP contribution in [0.25, 0.3) is 0 Å². The quantitative estimate of drug-likeness (QED) is 0.782. The van der Waals surface area contributed by atoms with Crippen molar-refractivity contribution in [2.45, 2.75) is 58.2 Å². The molecular weight excluding hydrogens is 296 g/mol. The minimum atomic E-state index is -2.39. The van der Waals surface area contributed by atoms with Crippen molar-refractivity contribution < 1.29 is 8.78 Å².